The zero-order chi connectivity index (χ0) is 35.1. The Labute approximate surface area is 278 Å². The second-order valence-electron chi connectivity index (χ2n) is 13.3. The summed E-state index contributed by atoms with van der Waals surface area (Å²) in [5, 5.41) is 13.8. The molecule has 1 aromatic rings. The lowest BCUT2D eigenvalue weighted by atomic mass is 9.98. The molecule has 5 amide bonds. The van der Waals surface area contributed by atoms with E-state index < -0.39 is 72.1 Å². The molecule has 1 aromatic carbocycles. The highest BCUT2D eigenvalue weighted by molar-refractivity contribution is 5.99. The average Bonchev–Trinajstić information content (AvgIpc) is 2.97. The van der Waals surface area contributed by atoms with E-state index in [0.717, 1.165) is 5.56 Å². The van der Waals surface area contributed by atoms with Gasteiger partial charge in [-0.1, -0.05) is 78.0 Å². The first-order valence-corrected chi connectivity index (χ1v) is 16.6. The van der Waals surface area contributed by atoms with Crippen molar-refractivity contribution in [1.29, 1.82) is 0 Å². The molecule has 5 atom stereocenters. The van der Waals surface area contributed by atoms with E-state index in [9.17, 15) is 28.8 Å². The third-order valence-electron chi connectivity index (χ3n) is 7.44. The minimum absolute atomic E-state index is 0.00546. The predicted molar refractivity (Wildman–Crippen MR) is 179 cm³/mol. The highest BCUT2D eigenvalue weighted by Crippen LogP contribution is 2.13. The van der Waals surface area contributed by atoms with Crippen LogP contribution in [0.4, 0.5) is 0 Å². The van der Waals surface area contributed by atoms with E-state index >= 15 is 0 Å². The number of benzene rings is 1. The molecular formula is C35H53N5O7. The Morgan fingerprint density at radius 1 is 0.745 bits per heavy atom. The number of amides is 5. The van der Waals surface area contributed by atoms with Crippen molar-refractivity contribution in [2.75, 3.05) is 6.61 Å². The molecule has 47 heavy (non-hydrogen) atoms. The fourth-order valence-electron chi connectivity index (χ4n) is 5.29. The summed E-state index contributed by atoms with van der Waals surface area (Å²) < 4.78 is 4.95. The van der Waals surface area contributed by atoms with Crippen LogP contribution in [0.25, 0.3) is 0 Å². The Kier molecular flexibility index (Phi) is 16.1. The van der Waals surface area contributed by atoms with Crippen LogP contribution in [0.1, 0.15) is 79.7 Å². The Balaban J connectivity index is 2.44. The first kappa shape index (κ1) is 39.0. The van der Waals surface area contributed by atoms with Crippen molar-refractivity contribution in [3.05, 3.63) is 48.0 Å². The average molecular weight is 656 g/mol. The fourth-order valence-corrected chi connectivity index (χ4v) is 5.29. The molecule has 0 radical (unpaired) electrons. The van der Waals surface area contributed by atoms with Crippen LogP contribution in [0.15, 0.2) is 42.5 Å². The third-order valence-corrected chi connectivity index (χ3v) is 7.44. The number of carbonyl (C=O) groups excluding carboxylic acids is 6. The maximum Gasteiger partial charge on any atom is 0.330 e. The molecule has 1 heterocycles. The molecule has 0 aromatic heterocycles. The topological polar surface area (TPSA) is 172 Å². The van der Waals surface area contributed by atoms with Crippen molar-refractivity contribution in [2.24, 2.45) is 17.8 Å². The second kappa shape index (κ2) is 19.4. The maximum atomic E-state index is 13.8. The van der Waals surface area contributed by atoms with Gasteiger partial charge in [-0.25, -0.2) is 4.79 Å². The Morgan fingerprint density at radius 3 is 1.74 bits per heavy atom. The van der Waals surface area contributed by atoms with Crippen LogP contribution >= 0.6 is 0 Å². The first-order chi connectivity index (χ1) is 22.2. The molecule has 1 aliphatic heterocycles. The van der Waals surface area contributed by atoms with E-state index in [1.807, 2.05) is 71.9 Å². The van der Waals surface area contributed by atoms with Gasteiger partial charge in [-0.3, -0.25) is 24.0 Å². The standard InChI is InChI=1S/C35H53N5O7/c1-8-47-31(42)15-14-25(16-21(2)3)36-30(41)20-29-35(46)39-28(19-24-12-10-9-11-13-24)34(45)38-26(17-22(4)5)32(43)37-27(18-23(6)7)33(44)40-29/h9-15,21-23,25-29H,8,16-20H2,1-7H3,(H,36,41)(H,37,43)(H,38,45)(H,39,46)(H,40,44)/b15-14+/t25-,26+,27+,28+,29+/m1/s1. The summed E-state index contributed by atoms with van der Waals surface area (Å²) in [7, 11) is 0. The highest BCUT2D eigenvalue weighted by Gasteiger charge is 2.35. The van der Waals surface area contributed by atoms with E-state index in [1.165, 1.54) is 12.2 Å². The summed E-state index contributed by atoms with van der Waals surface area (Å²) >= 11 is 0. The number of hydrogen-bond acceptors (Lipinski definition) is 7. The Hall–Kier alpha value is -4.22. The van der Waals surface area contributed by atoms with Gasteiger partial charge in [-0.2, -0.15) is 0 Å². The predicted octanol–water partition coefficient (Wildman–Crippen LogP) is 2.31. The van der Waals surface area contributed by atoms with Crippen LogP contribution in [-0.4, -0.2) is 72.3 Å². The van der Waals surface area contributed by atoms with Gasteiger partial charge in [-0.15, -0.1) is 0 Å². The van der Waals surface area contributed by atoms with Crippen molar-refractivity contribution in [1.82, 2.24) is 26.6 Å². The first-order valence-electron chi connectivity index (χ1n) is 16.6. The molecule has 1 fully saturated rings. The van der Waals surface area contributed by atoms with Gasteiger partial charge in [0.05, 0.1) is 13.0 Å². The number of rotatable bonds is 14. The SMILES string of the molecule is CCOC(=O)/C=C/[C@H](CC(C)C)NC(=O)C[C@@H]1NC(=O)[C@H](CC(C)C)NC(=O)[C@H](CC(C)C)NC(=O)[C@H](Cc2ccccc2)NC1=O. The smallest absolute Gasteiger partial charge is 0.330 e. The van der Waals surface area contributed by atoms with Gasteiger partial charge in [0.1, 0.15) is 24.2 Å². The largest absolute Gasteiger partial charge is 0.463 e. The van der Waals surface area contributed by atoms with Crippen LogP contribution in [0.5, 0.6) is 0 Å². The van der Waals surface area contributed by atoms with Gasteiger partial charge in [0.2, 0.25) is 29.5 Å². The zero-order valence-electron chi connectivity index (χ0n) is 28.8. The van der Waals surface area contributed by atoms with E-state index in [2.05, 4.69) is 26.6 Å². The zero-order valence-corrected chi connectivity index (χ0v) is 28.8. The minimum atomic E-state index is -1.36. The highest BCUT2D eigenvalue weighted by atomic mass is 16.5. The summed E-state index contributed by atoms with van der Waals surface area (Å²) in [4.78, 5) is 79.9. The van der Waals surface area contributed by atoms with Gasteiger partial charge < -0.3 is 31.3 Å². The van der Waals surface area contributed by atoms with Crippen molar-refractivity contribution in [3.63, 3.8) is 0 Å². The molecule has 2 rings (SSSR count). The van der Waals surface area contributed by atoms with E-state index in [4.69, 9.17) is 4.74 Å². The monoisotopic (exact) mass is 655 g/mol. The summed E-state index contributed by atoms with van der Waals surface area (Å²) in [5.74, 6) is -3.27. The third kappa shape index (κ3) is 14.4. The number of nitrogens with one attached hydrogen (secondary N) is 5. The second-order valence-corrected chi connectivity index (χ2v) is 13.3. The molecule has 12 nitrogen and oxygen atoms in total. The summed E-state index contributed by atoms with van der Waals surface area (Å²) in [6.45, 7) is 13.5. The van der Waals surface area contributed by atoms with Crippen LogP contribution in [0.2, 0.25) is 0 Å². The number of hydrogen-bond donors (Lipinski definition) is 5. The van der Waals surface area contributed by atoms with E-state index in [0.29, 0.717) is 12.8 Å². The molecule has 1 aliphatic rings. The van der Waals surface area contributed by atoms with Crippen molar-refractivity contribution >= 4 is 35.5 Å². The van der Waals surface area contributed by atoms with Crippen LogP contribution in [0, 0.1) is 17.8 Å². The molecule has 0 bridgehead atoms. The molecule has 5 N–H and O–H groups in total. The Morgan fingerprint density at radius 2 is 1.23 bits per heavy atom. The maximum absolute atomic E-state index is 13.8. The Bertz CT molecular complexity index is 1250. The lowest BCUT2D eigenvalue weighted by Crippen LogP contribution is -2.62. The molecule has 0 saturated carbocycles. The van der Waals surface area contributed by atoms with Gasteiger partial charge >= 0.3 is 5.97 Å². The van der Waals surface area contributed by atoms with Crippen molar-refractivity contribution < 1.29 is 33.5 Å². The fraction of sp³-hybridized carbons (Fsp3) is 0.600. The lowest BCUT2D eigenvalue weighted by molar-refractivity contribution is -0.138. The molecule has 0 unspecified atom stereocenters. The number of esters is 1. The van der Waals surface area contributed by atoms with Gasteiger partial charge in [0.15, 0.2) is 0 Å². The molecule has 0 aliphatic carbocycles. The van der Waals surface area contributed by atoms with Crippen LogP contribution < -0.4 is 26.6 Å². The lowest BCUT2D eigenvalue weighted by Gasteiger charge is -2.30. The van der Waals surface area contributed by atoms with Crippen molar-refractivity contribution in [3.8, 4) is 0 Å². The van der Waals surface area contributed by atoms with Crippen LogP contribution in [-0.2, 0) is 39.9 Å². The summed E-state index contributed by atoms with van der Waals surface area (Å²) in [6.07, 6.45) is 3.56. The van der Waals surface area contributed by atoms with E-state index in [-0.39, 0.29) is 37.2 Å². The van der Waals surface area contributed by atoms with E-state index in [1.54, 1.807) is 6.92 Å². The quantitative estimate of drug-likeness (QED) is 0.151. The summed E-state index contributed by atoms with van der Waals surface area (Å²) in [6, 6.07) is 4.15. The van der Waals surface area contributed by atoms with Gasteiger partial charge in [0.25, 0.3) is 0 Å². The molecular weight excluding hydrogens is 602 g/mol. The van der Waals surface area contributed by atoms with Gasteiger partial charge in [0, 0.05) is 18.5 Å². The minimum Gasteiger partial charge on any atom is -0.463 e. The normalized spacial score (nSPS) is 21.7. The molecule has 12 heteroatoms. The molecule has 260 valence electrons. The number of ether oxygens (including phenoxy) is 1. The molecule has 1 saturated heterocycles. The van der Waals surface area contributed by atoms with Crippen LogP contribution in [0.3, 0.4) is 0 Å². The summed E-state index contributed by atoms with van der Waals surface area (Å²) in [5.41, 5.74) is 0.769. The van der Waals surface area contributed by atoms with Crippen molar-refractivity contribution in [2.45, 2.75) is 111 Å². The molecule has 0 spiro atoms. The van der Waals surface area contributed by atoms with Gasteiger partial charge in [-0.05, 0) is 49.5 Å². The number of carbonyl (C=O) groups is 6.